The molecule has 1 atom stereocenters. The van der Waals surface area contributed by atoms with Gasteiger partial charge in [-0.2, -0.15) is 0 Å². The number of benzene rings is 2. The minimum Gasteiger partial charge on any atom is -0.492 e. The highest BCUT2D eigenvalue weighted by Gasteiger charge is 2.26. The van der Waals surface area contributed by atoms with Gasteiger partial charge in [-0.05, 0) is 66.3 Å². The molecule has 0 aromatic heterocycles. The van der Waals surface area contributed by atoms with E-state index >= 15 is 0 Å². The van der Waals surface area contributed by atoms with E-state index in [-0.39, 0.29) is 29.2 Å². The fourth-order valence-corrected chi connectivity index (χ4v) is 5.44. The topological polar surface area (TPSA) is 151 Å². The van der Waals surface area contributed by atoms with Gasteiger partial charge in [0.25, 0.3) is 5.91 Å². The number of allylic oxidation sites excluding steroid dienone is 1. The number of aliphatic imine (C=N–C) groups is 2. The number of halogens is 1. The van der Waals surface area contributed by atoms with Crippen molar-refractivity contribution >= 4 is 44.5 Å². The smallest absolute Gasteiger partial charge is 0.255 e. The molecule has 11 nitrogen and oxygen atoms in total. The van der Waals surface area contributed by atoms with Crippen molar-refractivity contribution in [3.05, 3.63) is 83.5 Å². The largest absolute Gasteiger partial charge is 0.492 e. The molecule has 0 aliphatic carbocycles. The van der Waals surface area contributed by atoms with Gasteiger partial charge >= 0.3 is 0 Å². The quantitative estimate of drug-likeness (QED) is 0.316. The van der Waals surface area contributed by atoms with Crippen LogP contribution in [0, 0.1) is 6.92 Å². The maximum Gasteiger partial charge on any atom is 0.255 e. The minimum absolute atomic E-state index is 0.173. The Morgan fingerprint density at radius 1 is 1.18 bits per heavy atom. The summed E-state index contributed by atoms with van der Waals surface area (Å²) in [5.41, 5.74) is 9.95. The lowest BCUT2D eigenvalue weighted by atomic mass is 9.86. The molecule has 13 heteroatoms. The van der Waals surface area contributed by atoms with Crippen molar-refractivity contribution in [2.45, 2.75) is 45.7 Å². The van der Waals surface area contributed by atoms with Crippen LogP contribution in [0.2, 0.25) is 0 Å². The van der Waals surface area contributed by atoms with Crippen LogP contribution in [0.25, 0.3) is 0 Å². The fourth-order valence-electron chi connectivity index (χ4n) is 4.89. The number of anilines is 3. The molecule has 0 radical (unpaired) electrons. The second-order valence-electron chi connectivity index (χ2n) is 11.9. The number of ether oxygens (including phenoxy) is 1. The molecule has 2 aromatic rings. The van der Waals surface area contributed by atoms with Crippen molar-refractivity contribution in [2.24, 2.45) is 15.7 Å². The first-order valence-electron chi connectivity index (χ1n) is 14.3. The maximum atomic E-state index is 13.9. The number of nitrogens with one attached hydrogen (secondary N) is 3. The maximum absolute atomic E-state index is 13.9. The highest BCUT2D eigenvalue weighted by Crippen LogP contribution is 2.39. The molecule has 2 aromatic carbocycles. The number of alkyl halides is 1. The second-order valence-corrected chi connectivity index (χ2v) is 13.7. The molecule has 2 aliphatic rings. The Kier molecular flexibility index (Phi) is 9.71. The van der Waals surface area contributed by atoms with Gasteiger partial charge in [-0.1, -0.05) is 33.4 Å². The van der Waals surface area contributed by atoms with E-state index in [1.807, 2.05) is 32.6 Å². The first-order valence-corrected chi connectivity index (χ1v) is 16.2. The van der Waals surface area contributed by atoms with E-state index in [1.54, 1.807) is 42.5 Å². The average molecular weight is 638 g/mol. The van der Waals surface area contributed by atoms with Crippen LogP contribution >= 0.6 is 0 Å². The lowest BCUT2D eigenvalue weighted by Crippen LogP contribution is -2.30. The van der Waals surface area contributed by atoms with Crippen molar-refractivity contribution in [1.29, 1.82) is 0 Å². The number of sulfonamides is 1. The molecule has 1 fully saturated rings. The third-order valence-electron chi connectivity index (χ3n) is 7.27. The fraction of sp³-hybridized carbons (Fsp3) is 0.344. The van der Waals surface area contributed by atoms with Gasteiger partial charge in [-0.25, -0.2) is 17.8 Å². The number of dihydropyridines is 1. The number of amides is 1. The number of hydrogen-bond acceptors (Lipinski definition) is 9. The Morgan fingerprint density at radius 2 is 1.89 bits per heavy atom. The standard InChI is InChI=1S/C32H40FN7O4S/c1-8-35-23-11-12-27(40-14-13-22(33)18-40)38-28(23)30(34)36-24-15-20(10-9-19(24)2)31(41)37-25-16-21(32(3,4)5)17-26(29(25)44-6)39-45(7,42)43/h8-12,15-17,22,36,39H,1,13-14,18,34H2,2-7H3,(H,37,41)/b30-28-,35-23-/t22-/m1/s1. The van der Waals surface area contributed by atoms with Crippen LogP contribution in [0.15, 0.2) is 76.8 Å². The molecule has 45 heavy (non-hydrogen) atoms. The molecule has 0 saturated carbocycles. The van der Waals surface area contributed by atoms with Gasteiger partial charge in [0.05, 0.1) is 37.0 Å². The molecular weight excluding hydrogens is 597 g/mol. The SMILES string of the molecule is C=C/N=C1/C=CC(N2CC[C@@H](F)C2)=N/C1=C(/N)Nc1cc(C(=O)Nc2cc(C(C)(C)C)cc(NS(C)(=O)=O)c2OC)ccc1C. The summed E-state index contributed by atoms with van der Waals surface area (Å²) in [7, 11) is -2.23. The third kappa shape index (κ3) is 8.09. The van der Waals surface area contributed by atoms with Gasteiger partial charge in [0.1, 0.15) is 23.5 Å². The van der Waals surface area contributed by atoms with E-state index in [2.05, 4.69) is 31.9 Å². The monoisotopic (exact) mass is 637 g/mol. The molecule has 240 valence electrons. The Labute approximate surface area is 263 Å². The molecule has 1 amide bonds. The number of carbonyl (C=O) groups is 1. The van der Waals surface area contributed by atoms with Crippen molar-refractivity contribution in [3.8, 4) is 5.75 Å². The van der Waals surface area contributed by atoms with Crippen molar-refractivity contribution in [3.63, 3.8) is 0 Å². The van der Waals surface area contributed by atoms with Gasteiger partial charge in [0.2, 0.25) is 10.0 Å². The summed E-state index contributed by atoms with van der Waals surface area (Å²) in [6.45, 7) is 12.3. The van der Waals surface area contributed by atoms with Crippen LogP contribution in [-0.2, 0) is 15.4 Å². The summed E-state index contributed by atoms with van der Waals surface area (Å²) >= 11 is 0. The lowest BCUT2D eigenvalue weighted by Gasteiger charge is -2.24. The van der Waals surface area contributed by atoms with Crippen LogP contribution in [0.3, 0.4) is 0 Å². The average Bonchev–Trinajstić information content (AvgIpc) is 3.39. The van der Waals surface area contributed by atoms with Crippen LogP contribution in [0.4, 0.5) is 21.5 Å². The number of likely N-dealkylation sites (tertiary alicyclic amines) is 1. The van der Waals surface area contributed by atoms with Crippen LogP contribution in [0.1, 0.15) is 48.7 Å². The first kappa shape index (κ1) is 33.2. The van der Waals surface area contributed by atoms with E-state index in [0.717, 1.165) is 17.4 Å². The number of hydrogen-bond donors (Lipinski definition) is 4. The molecule has 0 bridgehead atoms. The summed E-state index contributed by atoms with van der Waals surface area (Å²) in [6, 6.07) is 8.54. The number of rotatable bonds is 8. The molecule has 4 rings (SSSR count). The third-order valence-corrected chi connectivity index (χ3v) is 7.86. The summed E-state index contributed by atoms with van der Waals surface area (Å²) in [4.78, 5) is 24.4. The van der Waals surface area contributed by atoms with Crippen molar-refractivity contribution < 1.29 is 22.3 Å². The van der Waals surface area contributed by atoms with Crippen LogP contribution in [0.5, 0.6) is 5.75 Å². The van der Waals surface area contributed by atoms with Gasteiger partial charge in [0, 0.05) is 24.0 Å². The number of amidine groups is 1. The van der Waals surface area contributed by atoms with E-state index in [4.69, 9.17) is 10.5 Å². The molecule has 5 N–H and O–H groups in total. The van der Waals surface area contributed by atoms with E-state index in [1.165, 1.54) is 13.3 Å². The highest BCUT2D eigenvalue weighted by atomic mass is 32.2. The Morgan fingerprint density at radius 3 is 2.49 bits per heavy atom. The zero-order valence-corrected chi connectivity index (χ0v) is 27.2. The van der Waals surface area contributed by atoms with Gasteiger partial charge in [-0.15, -0.1) is 0 Å². The normalized spacial score (nSPS) is 18.8. The van der Waals surface area contributed by atoms with E-state index in [9.17, 15) is 17.6 Å². The number of carbonyl (C=O) groups excluding carboxylic acids is 1. The molecule has 2 heterocycles. The Hall–Kier alpha value is -4.65. The second kappa shape index (κ2) is 13.1. The van der Waals surface area contributed by atoms with Gasteiger partial charge < -0.3 is 26.0 Å². The summed E-state index contributed by atoms with van der Waals surface area (Å²) in [5.74, 6) is 0.485. The van der Waals surface area contributed by atoms with Crippen molar-refractivity contribution in [1.82, 2.24) is 4.90 Å². The van der Waals surface area contributed by atoms with Crippen molar-refractivity contribution in [2.75, 3.05) is 41.8 Å². The Balaban J connectivity index is 1.68. The minimum atomic E-state index is -3.63. The summed E-state index contributed by atoms with van der Waals surface area (Å²) in [5, 5.41) is 6.04. The summed E-state index contributed by atoms with van der Waals surface area (Å²) in [6.07, 6.45) is 5.47. The number of nitrogens with zero attached hydrogens (tertiary/aromatic N) is 3. The number of aryl methyl sites for hydroxylation is 1. The number of methoxy groups -OCH3 is 1. The molecule has 0 unspecified atom stereocenters. The van der Waals surface area contributed by atoms with Crippen LogP contribution < -0.4 is 25.8 Å². The van der Waals surface area contributed by atoms with Crippen LogP contribution in [-0.4, -0.2) is 63.4 Å². The zero-order chi connectivity index (χ0) is 33.1. The summed E-state index contributed by atoms with van der Waals surface area (Å²) < 4.78 is 46.1. The lowest BCUT2D eigenvalue weighted by molar-refractivity contribution is 0.102. The molecule has 2 aliphatic heterocycles. The van der Waals surface area contributed by atoms with Gasteiger partial charge in [-0.3, -0.25) is 14.5 Å². The molecule has 1 saturated heterocycles. The van der Waals surface area contributed by atoms with E-state index in [0.29, 0.717) is 47.1 Å². The Bertz CT molecular complexity index is 1740. The predicted molar refractivity (Wildman–Crippen MR) is 179 cm³/mol. The molecular formula is C32H40FN7O4S. The zero-order valence-electron chi connectivity index (χ0n) is 26.4. The van der Waals surface area contributed by atoms with Gasteiger partial charge in [0.15, 0.2) is 5.75 Å². The molecule has 0 spiro atoms. The first-order chi connectivity index (χ1) is 21.1. The highest BCUT2D eigenvalue weighted by molar-refractivity contribution is 7.92. The number of nitrogens with two attached hydrogens (primary N) is 1. The predicted octanol–water partition coefficient (Wildman–Crippen LogP) is 5.06. The van der Waals surface area contributed by atoms with E-state index < -0.39 is 22.1 Å².